The molecular formula is C23H13Cl2N3O3. The molecule has 0 atom stereocenters. The van der Waals surface area contributed by atoms with Crippen LogP contribution in [0.25, 0.3) is 0 Å². The molecule has 152 valence electrons. The van der Waals surface area contributed by atoms with Crippen molar-refractivity contribution >= 4 is 52.2 Å². The van der Waals surface area contributed by atoms with Crippen molar-refractivity contribution in [1.82, 2.24) is 0 Å². The fraction of sp³-hybridized carbons (Fsp3) is 0.0435. The maximum absolute atomic E-state index is 12.5. The third-order valence-electron chi connectivity index (χ3n) is 4.83. The second kappa shape index (κ2) is 8.23. The first kappa shape index (κ1) is 20.6. The molecule has 3 aromatic rings. The third-order valence-corrected chi connectivity index (χ3v) is 5.57. The van der Waals surface area contributed by atoms with Crippen molar-refractivity contribution in [3.63, 3.8) is 0 Å². The Kier molecular flexibility index (Phi) is 5.47. The van der Waals surface area contributed by atoms with Crippen molar-refractivity contribution in [2.75, 3.05) is 10.2 Å². The van der Waals surface area contributed by atoms with Crippen molar-refractivity contribution < 1.29 is 14.4 Å². The van der Waals surface area contributed by atoms with Crippen molar-refractivity contribution in [2.24, 2.45) is 0 Å². The molecule has 8 heteroatoms. The van der Waals surface area contributed by atoms with E-state index in [2.05, 4.69) is 5.32 Å². The van der Waals surface area contributed by atoms with Gasteiger partial charge in [0.2, 0.25) is 0 Å². The Labute approximate surface area is 187 Å². The maximum Gasteiger partial charge on any atom is 0.299 e. The van der Waals surface area contributed by atoms with E-state index in [4.69, 9.17) is 28.5 Å². The number of anilines is 2. The Morgan fingerprint density at radius 2 is 1.71 bits per heavy atom. The minimum atomic E-state index is -0.656. The number of carbonyl (C=O) groups is 3. The quantitative estimate of drug-likeness (QED) is 0.576. The van der Waals surface area contributed by atoms with E-state index in [0.717, 1.165) is 5.56 Å². The monoisotopic (exact) mass is 449 g/mol. The number of nitrogens with one attached hydrogen (secondary N) is 1. The molecule has 0 saturated heterocycles. The van der Waals surface area contributed by atoms with Crippen molar-refractivity contribution in [2.45, 2.75) is 6.54 Å². The molecule has 0 aromatic heterocycles. The summed E-state index contributed by atoms with van der Waals surface area (Å²) in [5, 5.41) is 12.3. The molecule has 0 aliphatic carbocycles. The number of hydrogen-bond donors (Lipinski definition) is 1. The highest BCUT2D eigenvalue weighted by atomic mass is 35.5. The van der Waals surface area contributed by atoms with Crippen LogP contribution < -0.4 is 10.2 Å². The molecule has 1 aliphatic heterocycles. The van der Waals surface area contributed by atoms with Gasteiger partial charge in [-0.25, -0.2) is 0 Å². The van der Waals surface area contributed by atoms with Gasteiger partial charge in [0.05, 0.1) is 39.5 Å². The molecule has 1 heterocycles. The molecule has 0 unspecified atom stereocenters. The average Bonchev–Trinajstić information content (AvgIpc) is 3.01. The lowest BCUT2D eigenvalue weighted by Crippen LogP contribution is -2.29. The van der Waals surface area contributed by atoms with Gasteiger partial charge >= 0.3 is 0 Å². The van der Waals surface area contributed by atoms with Gasteiger partial charge < -0.3 is 10.2 Å². The zero-order valence-corrected chi connectivity index (χ0v) is 17.4. The number of carbonyl (C=O) groups excluding carboxylic acids is 3. The fourth-order valence-electron chi connectivity index (χ4n) is 3.26. The lowest BCUT2D eigenvalue weighted by Gasteiger charge is -2.17. The van der Waals surface area contributed by atoms with Crippen LogP contribution in [-0.2, 0) is 11.3 Å². The number of nitrogens with zero attached hydrogens (tertiary/aromatic N) is 2. The summed E-state index contributed by atoms with van der Waals surface area (Å²) in [5.74, 6) is -1.70. The number of amides is 2. The first-order valence-electron chi connectivity index (χ1n) is 9.13. The van der Waals surface area contributed by atoms with Gasteiger partial charge in [-0.15, -0.1) is 0 Å². The van der Waals surface area contributed by atoms with E-state index in [0.29, 0.717) is 32.5 Å². The van der Waals surface area contributed by atoms with Crippen molar-refractivity contribution in [3.05, 3.63) is 93.0 Å². The van der Waals surface area contributed by atoms with Gasteiger partial charge in [-0.3, -0.25) is 14.4 Å². The van der Waals surface area contributed by atoms with Crippen LogP contribution in [0.4, 0.5) is 11.4 Å². The largest absolute Gasteiger partial charge is 0.322 e. The molecular weight excluding hydrogens is 437 g/mol. The highest BCUT2D eigenvalue weighted by Gasteiger charge is 2.36. The maximum atomic E-state index is 12.5. The molecule has 0 radical (unpaired) electrons. The van der Waals surface area contributed by atoms with Crippen LogP contribution in [0, 0.1) is 11.3 Å². The van der Waals surface area contributed by atoms with Gasteiger partial charge in [-0.2, -0.15) is 5.26 Å². The summed E-state index contributed by atoms with van der Waals surface area (Å²) in [4.78, 5) is 38.9. The van der Waals surface area contributed by atoms with Crippen LogP contribution in [0.3, 0.4) is 0 Å². The lowest BCUT2D eigenvalue weighted by atomic mass is 10.1. The second-order valence-corrected chi connectivity index (χ2v) is 7.66. The van der Waals surface area contributed by atoms with E-state index in [1.165, 1.54) is 23.1 Å². The summed E-state index contributed by atoms with van der Waals surface area (Å²) in [5.41, 5.74) is 2.58. The Hall–Kier alpha value is -3.66. The molecule has 0 bridgehead atoms. The first-order valence-corrected chi connectivity index (χ1v) is 9.88. The summed E-state index contributed by atoms with van der Waals surface area (Å²) in [6.07, 6.45) is 0. The standard InChI is InChI=1S/C23H13Cl2N3O3/c24-18-7-3-14(9-19(18)25)12-28-20-8-6-16(10-17(20)21(29)23(28)31)27-22(30)15-4-1-13(11-26)2-5-15/h1-10H,12H2,(H,27,30). The van der Waals surface area contributed by atoms with E-state index in [-0.39, 0.29) is 12.1 Å². The van der Waals surface area contributed by atoms with Crippen LogP contribution in [0.5, 0.6) is 0 Å². The van der Waals surface area contributed by atoms with Crippen LogP contribution in [0.2, 0.25) is 10.0 Å². The van der Waals surface area contributed by atoms with Gasteiger partial charge in [-0.1, -0.05) is 29.3 Å². The third kappa shape index (κ3) is 4.02. The molecule has 2 amide bonds. The molecule has 0 spiro atoms. The highest BCUT2D eigenvalue weighted by molar-refractivity contribution is 6.52. The number of ketones is 1. The van der Waals surface area contributed by atoms with Gasteiger partial charge in [0, 0.05) is 11.3 Å². The number of fused-ring (bicyclic) bond motifs is 1. The molecule has 0 fully saturated rings. The second-order valence-electron chi connectivity index (χ2n) is 6.84. The average molecular weight is 450 g/mol. The zero-order chi connectivity index (χ0) is 22.1. The summed E-state index contributed by atoms with van der Waals surface area (Å²) in [6, 6.07) is 17.9. The summed E-state index contributed by atoms with van der Waals surface area (Å²) in [7, 11) is 0. The number of nitriles is 1. The SMILES string of the molecule is N#Cc1ccc(C(=O)Nc2ccc3c(c2)C(=O)C(=O)N3Cc2ccc(Cl)c(Cl)c2)cc1. The van der Waals surface area contributed by atoms with Crippen molar-refractivity contribution in [3.8, 4) is 6.07 Å². The molecule has 31 heavy (non-hydrogen) atoms. The van der Waals surface area contributed by atoms with Crippen molar-refractivity contribution in [1.29, 1.82) is 5.26 Å². The van der Waals surface area contributed by atoms with Crippen LogP contribution in [-0.4, -0.2) is 17.6 Å². The van der Waals surface area contributed by atoms with Gasteiger partial charge in [-0.05, 0) is 60.2 Å². The number of halogens is 2. The van der Waals surface area contributed by atoms with Gasteiger partial charge in [0.1, 0.15) is 0 Å². The first-order chi connectivity index (χ1) is 14.9. The Morgan fingerprint density at radius 1 is 0.968 bits per heavy atom. The highest BCUT2D eigenvalue weighted by Crippen LogP contribution is 2.33. The van der Waals surface area contributed by atoms with Gasteiger partial charge in [0.25, 0.3) is 17.6 Å². The van der Waals surface area contributed by atoms with E-state index in [1.807, 2.05) is 6.07 Å². The van der Waals surface area contributed by atoms with Gasteiger partial charge in [0.15, 0.2) is 0 Å². The number of hydrogen-bond acceptors (Lipinski definition) is 4. The molecule has 3 aromatic carbocycles. The fourth-order valence-corrected chi connectivity index (χ4v) is 3.58. The number of benzene rings is 3. The molecule has 4 rings (SSSR count). The Bertz CT molecular complexity index is 1280. The van der Waals surface area contributed by atoms with E-state index < -0.39 is 17.6 Å². The topological polar surface area (TPSA) is 90.3 Å². The summed E-state index contributed by atoms with van der Waals surface area (Å²) < 4.78 is 0. The predicted molar refractivity (Wildman–Crippen MR) is 118 cm³/mol. The predicted octanol–water partition coefficient (Wildman–Crippen LogP) is 4.85. The van der Waals surface area contributed by atoms with Crippen LogP contribution in [0.1, 0.15) is 31.8 Å². The number of rotatable bonds is 4. The molecule has 1 N–H and O–H groups in total. The summed E-state index contributed by atoms with van der Waals surface area (Å²) in [6.45, 7) is 0.158. The molecule has 6 nitrogen and oxygen atoms in total. The smallest absolute Gasteiger partial charge is 0.299 e. The minimum absolute atomic E-state index is 0.158. The Morgan fingerprint density at radius 3 is 2.39 bits per heavy atom. The normalized spacial score (nSPS) is 12.5. The zero-order valence-electron chi connectivity index (χ0n) is 15.9. The lowest BCUT2D eigenvalue weighted by molar-refractivity contribution is -0.114. The summed E-state index contributed by atoms with van der Waals surface area (Å²) >= 11 is 12.0. The van der Waals surface area contributed by atoms with E-state index in [1.54, 1.807) is 42.5 Å². The van der Waals surface area contributed by atoms with Crippen LogP contribution in [0.15, 0.2) is 60.7 Å². The number of Topliss-reactive ketones (excluding diaryl/α,β-unsaturated/α-hetero) is 1. The molecule has 0 saturated carbocycles. The van der Waals surface area contributed by atoms with E-state index in [9.17, 15) is 14.4 Å². The Balaban J connectivity index is 1.57. The molecule has 1 aliphatic rings. The van der Waals surface area contributed by atoms with Crippen LogP contribution >= 0.6 is 23.2 Å². The minimum Gasteiger partial charge on any atom is -0.322 e. The van der Waals surface area contributed by atoms with E-state index >= 15 is 0 Å².